The van der Waals surface area contributed by atoms with E-state index in [0.717, 1.165) is 30.6 Å². The predicted molar refractivity (Wildman–Crippen MR) is 114 cm³/mol. The largest absolute Gasteiger partial charge is 0.374 e. The Hall–Kier alpha value is -3.35. The molecule has 29 heavy (non-hydrogen) atoms. The molecular weight excluding hydrogens is 366 g/mol. The van der Waals surface area contributed by atoms with Gasteiger partial charge in [-0.2, -0.15) is 5.10 Å². The number of carbonyl (C=O) groups is 2. The number of para-hydroxylation sites is 1. The van der Waals surface area contributed by atoms with E-state index < -0.39 is 11.9 Å². The van der Waals surface area contributed by atoms with Gasteiger partial charge in [0.2, 0.25) is 5.91 Å². The number of hydrazone groups is 1. The lowest BCUT2D eigenvalue weighted by atomic mass is 9.99. The van der Waals surface area contributed by atoms with Gasteiger partial charge in [-0.25, -0.2) is 0 Å². The van der Waals surface area contributed by atoms with E-state index in [9.17, 15) is 9.59 Å². The van der Waals surface area contributed by atoms with E-state index in [1.54, 1.807) is 0 Å². The summed E-state index contributed by atoms with van der Waals surface area (Å²) in [5, 5.41) is 8.85. The van der Waals surface area contributed by atoms with Gasteiger partial charge in [0.05, 0.1) is 5.69 Å². The standard InChI is InChI=1S/C22H25N5O2/c1-26-11-5-6-16-12-15(9-10-19(16)26)14-24-22(29)18-13-20(21(23)28)27(25-18)17-7-3-2-4-8-17/h2-4,7-10,12,20H,5-6,11,13-14H2,1H3,(H2,23,28)(H,24,29). The lowest BCUT2D eigenvalue weighted by molar-refractivity contribution is -0.119. The van der Waals surface area contributed by atoms with Crippen LogP contribution in [-0.4, -0.2) is 37.2 Å². The summed E-state index contributed by atoms with van der Waals surface area (Å²) in [5.74, 6) is -0.774. The van der Waals surface area contributed by atoms with Crippen molar-refractivity contribution in [2.45, 2.75) is 31.8 Å². The molecule has 2 aromatic carbocycles. The highest BCUT2D eigenvalue weighted by Gasteiger charge is 2.34. The number of carbonyl (C=O) groups excluding carboxylic acids is 2. The van der Waals surface area contributed by atoms with Gasteiger partial charge in [0, 0.05) is 32.2 Å². The fourth-order valence-corrected chi connectivity index (χ4v) is 3.92. The SMILES string of the molecule is CN1CCCc2cc(CNC(=O)C3=NN(c4ccccc4)C(C(N)=O)C3)ccc21. The second kappa shape index (κ2) is 7.95. The van der Waals surface area contributed by atoms with Gasteiger partial charge < -0.3 is 16.0 Å². The molecule has 3 N–H and O–H groups in total. The van der Waals surface area contributed by atoms with Crippen LogP contribution in [0.1, 0.15) is 24.0 Å². The minimum atomic E-state index is -0.655. The highest BCUT2D eigenvalue weighted by Crippen LogP contribution is 2.27. The van der Waals surface area contributed by atoms with Gasteiger partial charge in [0.15, 0.2) is 0 Å². The maximum absolute atomic E-state index is 12.7. The van der Waals surface area contributed by atoms with Gasteiger partial charge in [-0.3, -0.25) is 14.6 Å². The second-order valence-corrected chi connectivity index (χ2v) is 7.52. The molecule has 0 saturated heterocycles. The van der Waals surface area contributed by atoms with Gasteiger partial charge >= 0.3 is 0 Å². The minimum Gasteiger partial charge on any atom is -0.374 e. The molecule has 0 bridgehead atoms. The Kier molecular flexibility index (Phi) is 5.20. The third-order valence-electron chi connectivity index (χ3n) is 5.47. The zero-order chi connectivity index (χ0) is 20.4. The summed E-state index contributed by atoms with van der Waals surface area (Å²) in [6.45, 7) is 1.49. The molecule has 1 atom stereocenters. The van der Waals surface area contributed by atoms with Crippen molar-refractivity contribution < 1.29 is 9.59 Å². The molecule has 0 saturated carbocycles. The molecule has 150 valence electrons. The lowest BCUT2D eigenvalue weighted by Gasteiger charge is -2.27. The molecule has 2 aromatic rings. The Balaban J connectivity index is 1.45. The Labute approximate surface area is 170 Å². The zero-order valence-corrected chi connectivity index (χ0v) is 16.5. The Morgan fingerprint density at radius 2 is 2.00 bits per heavy atom. The van der Waals surface area contributed by atoms with Crippen LogP contribution in [0, 0.1) is 0 Å². The first-order valence-electron chi connectivity index (χ1n) is 9.85. The van der Waals surface area contributed by atoms with Crippen LogP contribution in [-0.2, 0) is 22.6 Å². The van der Waals surface area contributed by atoms with Crippen LogP contribution < -0.4 is 21.0 Å². The smallest absolute Gasteiger partial charge is 0.267 e. The van der Waals surface area contributed by atoms with Gasteiger partial charge in [-0.15, -0.1) is 0 Å². The van der Waals surface area contributed by atoms with E-state index in [1.165, 1.54) is 16.3 Å². The molecule has 0 aliphatic carbocycles. The number of hydrogen-bond donors (Lipinski definition) is 2. The molecular formula is C22H25N5O2. The molecule has 7 heteroatoms. The molecule has 2 aliphatic rings. The van der Waals surface area contributed by atoms with Crippen molar-refractivity contribution in [2.24, 2.45) is 10.8 Å². The van der Waals surface area contributed by atoms with Gasteiger partial charge in [0.1, 0.15) is 11.8 Å². The van der Waals surface area contributed by atoms with E-state index in [4.69, 9.17) is 5.73 Å². The summed E-state index contributed by atoms with van der Waals surface area (Å²) >= 11 is 0. The number of amides is 2. The van der Waals surface area contributed by atoms with Crippen molar-refractivity contribution in [2.75, 3.05) is 23.5 Å². The van der Waals surface area contributed by atoms with E-state index in [2.05, 4.69) is 34.5 Å². The van der Waals surface area contributed by atoms with Crippen molar-refractivity contribution in [3.05, 3.63) is 59.7 Å². The number of fused-ring (bicyclic) bond motifs is 1. The molecule has 2 aliphatic heterocycles. The zero-order valence-electron chi connectivity index (χ0n) is 16.5. The summed E-state index contributed by atoms with van der Waals surface area (Å²) < 4.78 is 0. The first-order chi connectivity index (χ1) is 14.0. The average Bonchev–Trinajstić information content (AvgIpc) is 3.19. The second-order valence-electron chi connectivity index (χ2n) is 7.52. The number of anilines is 2. The maximum Gasteiger partial charge on any atom is 0.267 e. The Bertz CT molecular complexity index is 957. The first kappa shape index (κ1) is 19.0. The van der Waals surface area contributed by atoms with Crippen LogP contribution in [0.2, 0.25) is 0 Å². The van der Waals surface area contributed by atoms with Crippen LogP contribution in [0.15, 0.2) is 53.6 Å². The average molecular weight is 391 g/mol. The van der Waals surface area contributed by atoms with Gasteiger partial charge in [-0.1, -0.05) is 30.3 Å². The quantitative estimate of drug-likeness (QED) is 0.813. The van der Waals surface area contributed by atoms with E-state index in [-0.39, 0.29) is 12.3 Å². The van der Waals surface area contributed by atoms with Crippen molar-refractivity contribution in [1.82, 2.24) is 5.32 Å². The number of nitrogens with zero attached hydrogens (tertiary/aromatic N) is 3. The lowest BCUT2D eigenvalue weighted by Crippen LogP contribution is -2.39. The maximum atomic E-state index is 12.7. The number of nitrogens with one attached hydrogen (secondary N) is 1. The number of hydrogen-bond acceptors (Lipinski definition) is 5. The van der Waals surface area contributed by atoms with E-state index in [1.807, 2.05) is 36.4 Å². The molecule has 0 aromatic heterocycles. The number of aryl methyl sites for hydroxylation is 1. The van der Waals surface area contributed by atoms with E-state index in [0.29, 0.717) is 12.3 Å². The topological polar surface area (TPSA) is 91.0 Å². The van der Waals surface area contributed by atoms with E-state index >= 15 is 0 Å². The van der Waals surface area contributed by atoms with Gasteiger partial charge in [0.25, 0.3) is 5.91 Å². The van der Waals surface area contributed by atoms with Crippen molar-refractivity contribution in [1.29, 1.82) is 0 Å². The van der Waals surface area contributed by atoms with Crippen LogP contribution >= 0.6 is 0 Å². The molecule has 4 rings (SSSR count). The van der Waals surface area contributed by atoms with Crippen molar-refractivity contribution in [3.63, 3.8) is 0 Å². The molecule has 7 nitrogen and oxygen atoms in total. The normalized spacial score (nSPS) is 18.2. The predicted octanol–water partition coefficient (Wildman–Crippen LogP) is 1.81. The van der Waals surface area contributed by atoms with Gasteiger partial charge in [-0.05, 0) is 42.2 Å². The summed E-state index contributed by atoms with van der Waals surface area (Å²) in [6.07, 6.45) is 2.39. The third-order valence-corrected chi connectivity index (χ3v) is 5.47. The van der Waals surface area contributed by atoms with Crippen molar-refractivity contribution >= 4 is 28.9 Å². The summed E-state index contributed by atoms with van der Waals surface area (Å²) in [7, 11) is 2.10. The number of benzene rings is 2. The first-order valence-corrected chi connectivity index (χ1v) is 9.85. The number of rotatable bonds is 5. The Morgan fingerprint density at radius 1 is 1.21 bits per heavy atom. The number of primary amides is 1. The molecule has 1 unspecified atom stereocenters. The van der Waals surface area contributed by atoms with Crippen molar-refractivity contribution in [3.8, 4) is 0 Å². The minimum absolute atomic E-state index is 0.199. The Morgan fingerprint density at radius 3 is 2.76 bits per heavy atom. The fraction of sp³-hybridized carbons (Fsp3) is 0.318. The molecule has 0 spiro atoms. The molecule has 2 heterocycles. The summed E-state index contributed by atoms with van der Waals surface area (Å²) in [5.41, 5.74) is 10.2. The highest BCUT2D eigenvalue weighted by atomic mass is 16.2. The van der Waals surface area contributed by atoms with Crippen LogP contribution in [0.5, 0.6) is 0 Å². The number of nitrogens with two attached hydrogens (primary N) is 1. The van der Waals surface area contributed by atoms with Crippen LogP contribution in [0.4, 0.5) is 11.4 Å². The van der Waals surface area contributed by atoms with Crippen LogP contribution in [0.25, 0.3) is 0 Å². The molecule has 0 radical (unpaired) electrons. The molecule has 0 fully saturated rings. The monoisotopic (exact) mass is 391 g/mol. The van der Waals surface area contributed by atoms with Crippen LogP contribution in [0.3, 0.4) is 0 Å². The summed E-state index contributed by atoms with van der Waals surface area (Å²) in [6, 6.07) is 14.9. The molecule has 2 amide bonds. The third kappa shape index (κ3) is 3.94. The highest BCUT2D eigenvalue weighted by molar-refractivity contribution is 6.40. The fourth-order valence-electron chi connectivity index (χ4n) is 3.92. The summed E-state index contributed by atoms with van der Waals surface area (Å²) in [4.78, 5) is 26.8.